The highest BCUT2D eigenvalue weighted by Gasteiger charge is 2.09. The van der Waals surface area contributed by atoms with Crippen LogP contribution in [0, 0.1) is 5.92 Å². The minimum Gasteiger partial charge on any atom is -0.392 e. The Bertz CT molecular complexity index is 106. The Morgan fingerprint density at radius 2 is 2.10 bits per heavy atom. The van der Waals surface area contributed by atoms with Crippen molar-refractivity contribution in [3.05, 3.63) is 12.2 Å². The molecule has 1 fully saturated rings. The summed E-state index contributed by atoms with van der Waals surface area (Å²) in [5.41, 5.74) is 0. The van der Waals surface area contributed by atoms with E-state index in [1.165, 1.54) is 24.3 Å². The molecule has 0 bridgehead atoms. The molecule has 0 aromatic carbocycles. The Labute approximate surface area is 66.5 Å². The summed E-state index contributed by atoms with van der Waals surface area (Å²) in [6, 6.07) is 0. The Morgan fingerprint density at radius 1 is 1.40 bits per heavy atom. The molecule has 0 saturated carbocycles. The highest BCUT2D eigenvalue weighted by molar-refractivity contribution is 7.99. The first kappa shape index (κ1) is 8.15. The predicted octanol–water partition coefficient (Wildman–Crippen LogP) is 1.68. The molecule has 0 spiro atoms. The first-order valence-corrected chi connectivity index (χ1v) is 4.94. The van der Waals surface area contributed by atoms with E-state index in [0.29, 0.717) is 0 Å². The molecule has 0 aromatic heterocycles. The van der Waals surface area contributed by atoms with Gasteiger partial charge in [-0.15, -0.1) is 0 Å². The molecule has 1 rings (SSSR count). The van der Waals surface area contributed by atoms with E-state index in [1.54, 1.807) is 0 Å². The number of thioether (sulfide) groups is 1. The van der Waals surface area contributed by atoms with E-state index in [4.69, 9.17) is 5.11 Å². The molecule has 58 valence electrons. The fourth-order valence-corrected chi connectivity index (χ4v) is 2.30. The van der Waals surface area contributed by atoms with Crippen molar-refractivity contribution in [2.45, 2.75) is 12.8 Å². The third-order valence-electron chi connectivity index (χ3n) is 1.78. The van der Waals surface area contributed by atoms with Crippen LogP contribution in [-0.2, 0) is 0 Å². The maximum absolute atomic E-state index is 8.50. The van der Waals surface area contributed by atoms with Crippen LogP contribution in [0.2, 0.25) is 0 Å². The zero-order valence-corrected chi connectivity index (χ0v) is 6.94. The molecule has 1 aliphatic heterocycles. The van der Waals surface area contributed by atoms with E-state index in [1.807, 2.05) is 17.8 Å². The van der Waals surface area contributed by atoms with Gasteiger partial charge in [0.05, 0.1) is 6.61 Å². The summed E-state index contributed by atoms with van der Waals surface area (Å²) in [6.45, 7) is 0.198. The molecular weight excluding hydrogens is 144 g/mol. The standard InChI is InChI=1S/C8H14OS/c9-5-1-2-8-3-6-10-7-4-8/h1-2,8-9H,3-7H2/b2-1+. The normalized spacial score (nSPS) is 22.1. The number of aliphatic hydroxyl groups is 1. The van der Waals surface area contributed by atoms with E-state index in [2.05, 4.69) is 6.08 Å². The SMILES string of the molecule is OC/C=C/C1CCSCC1. The lowest BCUT2D eigenvalue weighted by Gasteiger charge is -2.17. The van der Waals surface area contributed by atoms with Gasteiger partial charge in [-0.3, -0.25) is 0 Å². The van der Waals surface area contributed by atoms with E-state index in [-0.39, 0.29) is 6.61 Å². The minimum atomic E-state index is 0.198. The second-order valence-corrected chi connectivity index (χ2v) is 3.79. The smallest absolute Gasteiger partial charge is 0.0612 e. The zero-order chi connectivity index (χ0) is 7.23. The third-order valence-corrected chi connectivity index (χ3v) is 2.83. The molecule has 0 radical (unpaired) electrons. The lowest BCUT2D eigenvalue weighted by molar-refractivity contribution is 0.341. The van der Waals surface area contributed by atoms with Crippen molar-refractivity contribution >= 4 is 11.8 Å². The van der Waals surface area contributed by atoms with Crippen LogP contribution in [0.5, 0.6) is 0 Å². The molecule has 1 nitrogen and oxygen atoms in total. The van der Waals surface area contributed by atoms with Crippen molar-refractivity contribution in [2.24, 2.45) is 5.92 Å². The maximum Gasteiger partial charge on any atom is 0.0612 e. The van der Waals surface area contributed by atoms with Gasteiger partial charge in [-0.1, -0.05) is 12.2 Å². The van der Waals surface area contributed by atoms with Gasteiger partial charge in [0, 0.05) is 0 Å². The molecule has 1 N–H and O–H groups in total. The monoisotopic (exact) mass is 158 g/mol. The van der Waals surface area contributed by atoms with E-state index in [0.717, 1.165) is 5.92 Å². The molecule has 1 aliphatic rings. The summed E-state index contributed by atoms with van der Waals surface area (Å²) >= 11 is 2.04. The van der Waals surface area contributed by atoms with Gasteiger partial charge in [-0.2, -0.15) is 11.8 Å². The fourth-order valence-electron chi connectivity index (χ4n) is 1.16. The van der Waals surface area contributed by atoms with Gasteiger partial charge in [0.25, 0.3) is 0 Å². The van der Waals surface area contributed by atoms with Crippen molar-refractivity contribution in [3.63, 3.8) is 0 Å². The topological polar surface area (TPSA) is 20.2 Å². The summed E-state index contributed by atoms with van der Waals surface area (Å²) in [5, 5.41) is 8.50. The minimum absolute atomic E-state index is 0.198. The second-order valence-electron chi connectivity index (χ2n) is 2.56. The number of aliphatic hydroxyl groups excluding tert-OH is 1. The third kappa shape index (κ3) is 2.76. The molecule has 0 unspecified atom stereocenters. The van der Waals surface area contributed by atoms with Gasteiger partial charge in [0.15, 0.2) is 0 Å². The van der Waals surface area contributed by atoms with Gasteiger partial charge in [0.2, 0.25) is 0 Å². The lowest BCUT2D eigenvalue weighted by atomic mass is 10.0. The Kier molecular flexibility index (Phi) is 3.91. The maximum atomic E-state index is 8.50. The Hall–Kier alpha value is 0.0500. The van der Waals surface area contributed by atoms with E-state index >= 15 is 0 Å². The number of hydrogen-bond acceptors (Lipinski definition) is 2. The van der Waals surface area contributed by atoms with Gasteiger partial charge in [-0.05, 0) is 30.3 Å². The van der Waals surface area contributed by atoms with Crippen LogP contribution < -0.4 is 0 Å². The number of rotatable bonds is 2. The van der Waals surface area contributed by atoms with Crippen LogP contribution in [0.4, 0.5) is 0 Å². The van der Waals surface area contributed by atoms with E-state index in [9.17, 15) is 0 Å². The van der Waals surface area contributed by atoms with Crippen molar-refractivity contribution in [1.29, 1.82) is 0 Å². The summed E-state index contributed by atoms with van der Waals surface area (Å²) in [7, 11) is 0. The van der Waals surface area contributed by atoms with Crippen LogP contribution in [0.1, 0.15) is 12.8 Å². The molecule has 0 aromatic rings. The summed E-state index contributed by atoms with van der Waals surface area (Å²) < 4.78 is 0. The van der Waals surface area contributed by atoms with Crippen LogP contribution in [-0.4, -0.2) is 23.2 Å². The van der Waals surface area contributed by atoms with Gasteiger partial charge in [-0.25, -0.2) is 0 Å². The largest absolute Gasteiger partial charge is 0.392 e. The number of hydrogen-bond donors (Lipinski definition) is 1. The highest BCUT2D eigenvalue weighted by atomic mass is 32.2. The summed E-state index contributed by atoms with van der Waals surface area (Å²) in [5.74, 6) is 3.33. The predicted molar refractivity (Wildman–Crippen MR) is 46.3 cm³/mol. The number of allylic oxidation sites excluding steroid dienone is 1. The van der Waals surface area contributed by atoms with Crippen LogP contribution in [0.3, 0.4) is 0 Å². The first-order valence-electron chi connectivity index (χ1n) is 3.78. The fraction of sp³-hybridized carbons (Fsp3) is 0.750. The van der Waals surface area contributed by atoms with Gasteiger partial charge >= 0.3 is 0 Å². The van der Waals surface area contributed by atoms with Crippen molar-refractivity contribution in [1.82, 2.24) is 0 Å². The lowest BCUT2D eigenvalue weighted by Crippen LogP contribution is -2.06. The molecule has 2 heteroatoms. The molecule has 10 heavy (non-hydrogen) atoms. The van der Waals surface area contributed by atoms with Gasteiger partial charge in [0.1, 0.15) is 0 Å². The molecular formula is C8H14OS. The summed E-state index contributed by atoms with van der Waals surface area (Å²) in [6.07, 6.45) is 6.60. The van der Waals surface area contributed by atoms with Crippen molar-refractivity contribution in [2.75, 3.05) is 18.1 Å². The molecule has 0 atom stereocenters. The Balaban J connectivity index is 2.19. The molecule has 0 amide bonds. The van der Waals surface area contributed by atoms with Crippen molar-refractivity contribution in [3.8, 4) is 0 Å². The molecule has 1 saturated heterocycles. The molecule has 1 heterocycles. The first-order chi connectivity index (χ1) is 4.93. The van der Waals surface area contributed by atoms with E-state index < -0.39 is 0 Å². The average Bonchev–Trinajstić information content (AvgIpc) is 2.03. The average molecular weight is 158 g/mol. The molecule has 0 aliphatic carbocycles. The van der Waals surface area contributed by atoms with Crippen LogP contribution >= 0.6 is 11.8 Å². The Morgan fingerprint density at radius 3 is 2.70 bits per heavy atom. The van der Waals surface area contributed by atoms with Crippen LogP contribution in [0.15, 0.2) is 12.2 Å². The highest BCUT2D eigenvalue weighted by Crippen LogP contribution is 2.23. The summed E-state index contributed by atoms with van der Waals surface area (Å²) in [4.78, 5) is 0. The van der Waals surface area contributed by atoms with Gasteiger partial charge < -0.3 is 5.11 Å². The quantitative estimate of drug-likeness (QED) is 0.617. The second kappa shape index (κ2) is 4.80. The zero-order valence-electron chi connectivity index (χ0n) is 6.12. The van der Waals surface area contributed by atoms with Crippen LogP contribution in [0.25, 0.3) is 0 Å². The van der Waals surface area contributed by atoms with Crippen molar-refractivity contribution < 1.29 is 5.11 Å².